The molecule has 5 nitrogen and oxygen atoms in total. The summed E-state index contributed by atoms with van der Waals surface area (Å²) in [5.74, 6) is 1.75. The topological polar surface area (TPSA) is 77.5 Å². The van der Waals surface area contributed by atoms with Gasteiger partial charge in [-0.15, -0.1) is 0 Å². The Kier molecular flexibility index (Phi) is 4.52. The molecule has 2 aromatic rings. The van der Waals surface area contributed by atoms with Crippen molar-refractivity contribution in [2.75, 3.05) is 20.0 Å². The summed E-state index contributed by atoms with van der Waals surface area (Å²) in [6, 6.07) is 12.5. The van der Waals surface area contributed by atoms with Gasteiger partial charge in [0.15, 0.2) is 11.5 Å². The molecule has 0 saturated carbocycles. The number of hydrogen-bond donors (Lipinski definition) is 1. The molecule has 0 fully saturated rings. The molecular weight excluding hydrogens is 268 g/mol. The van der Waals surface area contributed by atoms with E-state index in [4.69, 9.17) is 25.2 Å². The van der Waals surface area contributed by atoms with Gasteiger partial charge >= 0.3 is 0 Å². The van der Waals surface area contributed by atoms with Gasteiger partial charge in [-0.25, -0.2) is 0 Å². The number of anilines is 1. The van der Waals surface area contributed by atoms with Crippen LogP contribution in [0.1, 0.15) is 11.1 Å². The smallest absolute Gasteiger partial charge is 0.162 e. The van der Waals surface area contributed by atoms with Crippen molar-refractivity contribution in [1.29, 1.82) is 5.26 Å². The van der Waals surface area contributed by atoms with E-state index in [9.17, 15) is 0 Å². The molecule has 0 bridgehead atoms. The summed E-state index contributed by atoms with van der Waals surface area (Å²) >= 11 is 0. The van der Waals surface area contributed by atoms with E-state index in [1.807, 2.05) is 6.07 Å². The van der Waals surface area contributed by atoms with E-state index >= 15 is 0 Å². The van der Waals surface area contributed by atoms with Gasteiger partial charge in [0, 0.05) is 23.4 Å². The number of rotatable bonds is 5. The molecule has 5 heteroatoms. The molecule has 0 spiro atoms. The van der Waals surface area contributed by atoms with Gasteiger partial charge in [0.25, 0.3) is 0 Å². The molecule has 0 radical (unpaired) electrons. The number of ether oxygens (including phenoxy) is 3. The summed E-state index contributed by atoms with van der Waals surface area (Å²) in [5.41, 5.74) is 7.74. The summed E-state index contributed by atoms with van der Waals surface area (Å²) in [6.07, 6.45) is 0. The van der Waals surface area contributed by atoms with Crippen molar-refractivity contribution in [3.8, 4) is 23.3 Å². The second-order valence-corrected chi connectivity index (χ2v) is 4.34. The van der Waals surface area contributed by atoms with Crippen molar-refractivity contribution in [3.05, 3.63) is 47.5 Å². The van der Waals surface area contributed by atoms with Gasteiger partial charge in [-0.3, -0.25) is 0 Å². The van der Waals surface area contributed by atoms with Crippen LogP contribution in [0.4, 0.5) is 5.69 Å². The van der Waals surface area contributed by atoms with E-state index in [1.54, 1.807) is 37.4 Å². The number of hydrogen-bond acceptors (Lipinski definition) is 5. The molecule has 0 amide bonds. The predicted octanol–water partition coefficient (Wildman–Crippen LogP) is 2.74. The van der Waals surface area contributed by atoms with Gasteiger partial charge in [0.05, 0.1) is 25.9 Å². The van der Waals surface area contributed by atoms with Gasteiger partial charge < -0.3 is 19.9 Å². The van der Waals surface area contributed by atoms with Crippen LogP contribution in [0.15, 0.2) is 36.4 Å². The Hall–Kier alpha value is -2.87. The van der Waals surface area contributed by atoms with Gasteiger partial charge in [-0.1, -0.05) is 0 Å². The van der Waals surface area contributed by atoms with E-state index in [2.05, 4.69) is 6.07 Å². The van der Waals surface area contributed by atoms with Crippen LogP contribution in [0, 0.1) is 11.3 Å². The van der Waals surface area contributed by atoms with E-state index in [1.165, 1.54) is 7.11 Å². The highest BCUT2D eigenvalue weighted by Gasteiger charge is 2.09. The maximum atomic E-state index is 8.88. The van der Waals surface area contributed by atoms with Crippen molar-refractivity contribution in [2.24, 2.45) is 0 Å². The van der Waals surface area contributed by atoms with Crippen LogP contribution in [-0.2, 0) is 6.61 Å². The third kappa shape index (κ3) is 3.37. The Morgan fingerprint density at radius 2 is 1.76 bits per heavy atom. The number of nitrogen functional groups attached to an aromatic ring is 1. The highest BCUT2D eigenvalue weighted by atomic mass is 16.5. The minimum atomic E-state index is 0.311. The zero-order valence-electron chi connectivity index (χ0n) is 11.9. The minimum Gasteiger partial charge on any atom is -0.496 e. The van der Waals surface area contributed by atoms with Gasteiger partial charge in [0.1, 0.15) is 12.4 Å². The molecular formula is C16H16N2O3. The molecule has 0 aliphatic carbocycles. The second-order valence-electron chi connectivity index (χ2n) is 4.34. The molecule has 0 saturated heterocycles. The van der Waals surface area contributed by atoms with Crippen LogP contribution in [0.5, 0.6) is 17.2 Å². The Labute approximate surface area is 123 Å². The van der Waals surface area contributed by atoms with E-state index < -0.39 is 0 Å². The summed E-state index contributed by atoms with van der Waals surface area (Å²) < 4.78 is 16.2. The van der Waals surface area contributed by atoms with E-state index in [-0.39, 0.29) is 0 Å². The molecule has 0 aliphatic rings. The highest BCUT2D eigenvalue weighted by molar-refractivity contribution is 5.49. The standard InChI is InChI=1S/C16H16N2O3/c1-19-15-8-13(18)5-4-12(15)10-21-14-6-3-11(9-17)7-16(14)20-2/h3-8H,10,18H2,1-2H3. The molecule has 21 heavy (non-hydrogen) atoms. The lowest BCUT2D eigenvalue weighted by Gasteiger charge is -2.13. The number of methoxy groups -OCH3 is 2. The lowest BCUT2D eigenvalue weighted by Crippen LogP contribution is -2.01. The fraction of sp³-hybridized carbons (Fsp3) is 0.188. The van der Waals surface area contributed by atoms with Crippen molar-refractivity contribution in [1.82, 2.24) is 0 Å². The van der Waals surface area contributed by atoms with E-state index in [0.717, 1.165) is 5.56 Å². The van der Waals surface area contributed by atoms with Crippen LogP contribution in [0.3, 0.4) is 0 Å². The largest absolute Gasteiger partial charge is 0.496 e. The Bertz CT molecular complexity index is 678. The Balaban J connectivity index is 2.19. The third-order valence-electron chi connectivity index (χ3n) is 2.99. The third-order valence-corrected chi connectivity index (χ3v) is 2.99. The monoisotopic (exact) mass is 284 g/mol. The number of nitrogens with two attached hydrogens (primary N) is 1. The molecule has 0 aromatic heterocycles. The summed E-state index contributed by atoms with van der Waals surface area (Å²) in [6.45, 7) is 0.311. The maximum Gasteiger partial charge on any atom is 0.162 e. The molecule has 0 aliphatic heterocycles. The highest BCUT2D eigenvalue weighted by Crippen LogP contribution is 2.30. The molecule has 0 heterocycles. The van der Waals surface area contributed by atoms with Crippen LogP contribution in [0.25, 0.3) is 0 Å². The molecule has 2 N–H and O–H groups in total. The zero-order valence-corrected chi connectivity index (χ0v) is 11.9. The Morgan fingerprint density at radius 3 is 2.43 bits per heavy atom. The first-order valence-corrected chi connectivity index (χ1v) is 6.31. The molecule has 2 rings (SSSR count). The lowest BCUT2D eigenvalue weighted by atomic mass is 10.2. The molecule has 108 valence electrons. The lowest BCUT2D eigenvalue weighted by molar-refractivity contribution is 0.278. The number of nitrogens with zero attached hydrogens (tertiary/aromatic N) is 1. The minimum absolute atomic E-state index is 0.311. The van der Waals surface area contributed by atoms with Crippen LogP contribution in [0.2, 0.25) is 0 Å². The van der Waals surface area contributed by atoms with Crippen LogP contribution in [-0.4, -0.2) is 14.2 Å². The first kappa shape index (κ1) is 14.5. The predicted molar refractivity (Wildman–Crippen MR) is 79.4 cm³/mol. The van der Waals surface area contributed by atoms with Gasteiger partial charge in [-0.2, -0.15) is 5.26 Å². The zero-order chi connectivity index (χ0) is 15.2. The van der Waals surface area contributed by atoms with Crippen molar-refractivity contribution < 1.29 is 14.2 Å². The van der Waals surface area contributed by atoms with E-state index in [0.29, 0.717) is 35.1 Å². The van der Waals surface area contributed by atoms with Crippen LogP contribution >= 0.6 is 0 Å². The van der Waals surface area contributed by atoms with Crippen molar-refractivity contribution in [2.45, 2.75) is 6.61 Å². The Morgan fingerprint density at radius 1 is 1.00 bits per heavy atom. The fourth-order valence-electron chi connectivity index (χ4n) is 1.89. The number of nitriles is 1. The van der Waals surface area contributed by atoms with Crippen LogP contribution < -0.4 is 19.9 Å². The summed E-state index contributed by atoms with van der Waals surface area (Å²) in [5, 5.41) is 8.88. The number of benzene rings is 2. The molecule has 2 aromatic carbocycles. The molecule has 0 unspecified atom stereocenters. The first-order chi connectivity index (χ1) is 10.2. The first-order valence-electron chi connectivity index (χ1n) is 6.31. The average molecular weight is 284 g/mol. The fourth-order valence-corrected chi connectivity index (χ4v) is 1.89. The van der Waals surface area contributed by atoms with Crippen molar-refractivity contribution >= 4 is 5.69 Å². The summed E-state index contributed by atoms with van der Waals surface area (Å²) in [7, 11) is 3.12. The molecule has 0 atom stereocenters. The SMILES string of the molecule is COc1cc(N)ccc1COc1ccc(C#N)cc1OC. The normalized spacial score (nSPS) is 9.76. The van der Waals surface area contributed by atoms with Gasteiger partial charge in [0.2, 0.25) is 0 Å². The van der Waals surface area contributed by atoms with Crippen molar-refractivity contribution in [3.63, 3.8) is 0 Å². The summed E-state index contributed by atoms with van der Waals surface area (Å²) in [4.78, 5) is 0. The average Bonchev–Trinajstić information content (AvgIpc) is 2.53. The maximum absolute atomic E-state index is 8.88. The quantitative estimate of drug-likeness (QED) is 0.854. The second kappa shape index (κ2) is 6.53. The van der Waals surface area contributed by atoms with Gasteiger partial charge in [-0.05, 0) is 24.3 Å².